The third-order valence-electron chi connectivity index (χ3n) is 4.77. The predicted octanol–water partition coefficient (Wildman–Crippen LogP) is 1.91. The minimum atomic E-state index is -0.501. The van der Waals surface area contributed by atoms with Gasteiger partial charge in [0.05, 0.1) is 24.6 Å². The van der Waals surface area contributed by atoms with E-state index < -0.39 is 5.69 Å². The number of hydrogen-bond acceptors (Lipinski definition) is 5. The van der Waals surface area contributed by atoms with E-state index in [1.54, 1.807) is 50.4 Å². The Bertz CT molecular complexity index is 1180. The average molecular weight is 411 g/mol. The molecule has 1 amide bonds. The molecule has 0 fully saturated rings. The quantitative estimate of drug-likeness (QED) is 0.611. The maximum absolute atomic E-state index is 12.7. The van der Waals surface area contributed by atoms with Gasteiger partial charge in [-0.1, -0.05) is 18.2 Å². The van der Waals surface area contributed by atoms with Crippen molar-refractivity contribution in [3.8, 4) is 11.5 Å². The van der Waals surface area contributed by atoms with Crippen LogP contribution in [0.1, 0.15) is 19.4 Å². The van der Waals surface area contributed by atoms with Crippen LogP contribution in [-0.2, 0) is 24.4 Å². The lowest BCUT2D eigenvalue weighted by Gasteiger charge is -2.14. The Morgan fingerprint density at radius 2 is 1.80 bits per heavy atom. The standard InChI is InChI=1S/C22H25N3O5/c1-4-24-21(27)16-8-6-7-9-17(16)25(22(24)28)14-20(26)23-13-15-10-11-18(30-5-2)19(12-15)29-3/h6-12H,4-5,13-14H2,1-3H3,(H,23,26). The van der Waals surface area contributed by atoms with E-state index in [9.17, 15) is 14.4 Å². The monoisotopic (exact) mass is 411 g/mol. The zero-order valence-corrected chi connectivity index (χ0v) is 17.3. The van der Waals surface area contributed by atoms with Crippen LogP contribution < -0.4 is 26.0 Å². The van der Waals surface area contributed by atoms with E-state index in [0.29, 0.717) is 29.0 Å². The van der Waals surface area contributed by atoms with E-state index in [4.69, 9.17) is 9.47 Å². The first-order valence-electron chi connectivity index (χ1n) is 9.78. The number of ether oxygens (including phenoxy) is 2. The molecule has 1 aromatic heterocycles. The SMILES string of the molecule is CCOc1ccc(CNC(=O)Cn2c(=O)n(CC)c(=O)c3ccccc32)cc1OC. The fourth-order valence-corrected chi connectivity index (χ4v) is 3.30. The second kappa shape index (κ2) is 9.30. The Kier molecular flexibility index (Phi) is 6.56. The van der Waals surface area contributed by atoms with Crippen molar-refractivity contribution in [3.63, 3.8) is 0 Å². The molecule has 0 aliphatic carbocycles. The Morgan fingerprint density at radius 1 is 1.03 bits per heavy atom. The number of hydrogen-bond donors (Lipinski definition) is 1. The summed E-state index contributed by atoms with van der Waals surface area (Å²) < 4.78 is 13.3. The third-order valence-corrected chi connectivity index (χ3v) is 4.77. The lowest BCUT2D eigenvalue weighted by atomic mass is 10.2. The molecule has 1 heterocycles. The van der Waals surface area contributed by atoms with Crippen molar-refractivity contribution < 1.29 is 14.3 Å². The maximum Gasteiger partial charge on any atom is 0.331 e. The second-order valence-electron chi connectivity index (χ2n) is 6.63. The van der Waals surface area contributed by atoms with Crippen molar-refractivity contribution in [2.24, 2.45) is 0 Å². The van der Waals surface area contributed by atoms with Crippen molar-refractivity contribution in [2.75, 3.05) is 13.7 Å². The number of benzene rings is 2. The highest BCUT2D eigenvalue weighted by Crippen LogP contribution is 2.27. The number of rotatable bonds is 8. The van der Waals surface area contributed by atoms with Crippen molar-refractivity contribution in [1.82, 2.24) is 14.5 Å². The summed E-state index contributed by atoms with van der Waals surface area (Å²) in [6.45, 7) is 4.45. The zero-order valence-electron chi connectivity index (χ0n) is 17.3. The smallest absolute Gasteiger partial charge is 0.331 e. The van der Waals surface area contributed by atoms with Crippen LogP contribution in [0, 0.1) is 0 Å². The number of nitrogens with one attached hydrogen (secondary N) is 1. The molecule has 0 atom stereocenters. The molecule has 3 aromatic rings. The average Bonchev–Trinajstić information content (AvgIpc) is 2.76. The van der Waals surface area contributed by atoms with Gasteiger partial charge in [-0.15, -0.1) is 0 Å². The summed E-state index contributed by atoms with van der Waals surface area (Å²) in [6.07, 6.45) is 0. The highest BCUT2D eigenvalue weighted by Gasteiger charge is 2.14. The summed E-state index contributed by atoms with van der Waals surface area (Å²) in [6, 6.07) is 12.2. The predicted molar refractivity (Wildman–Crippen MR) is 114 cm³/mol. The normalized spacial score (nSPS) is 10.8. The first-order chi connectivity index (χ1) is 14.5. The fourth-order valence-electron chi connectivity index (χ4n) is 3.30. The number of amides is 1. The van der Waals surface area contributed by atoms with Gasteiger partial charge in [0.2, 0.25) is 5.91 Å². The van der Waals surface area contributed by atoms with Crippen LogP contribution in [0.2, 0.25) is 0 Å². The molecule has 8 nitrogen and oxygen atoms in total. The molecule has 0 spiro atoms. The van der Waals surface area contributed by atoms with Gasteiger partial charge in [0, 0.05) is 13.1 Å². The van der Waals surface area contributed by atoms with Crippen LogP contribution in [0.3, 0.4) is 0 Å². The van der Waals surface area contributed by atoms with Crippen molar-refractivity contribution >= 4 is 16.8 Å². The van der Waals surface area contributed by atoms with Crippen molar-refractivity contribution in [2.45, 2.75) is 33.5 Å². The fraction of sp³-hybridized carbons (Fsp3) is 0.318. The molecule has 0 saturated carbocycles. The van der Waals surface area contributed by atoms with E-state index >= 15 is 0 Å². The number of carbonyl (C=O) groups excluding carboxylic acids is 1. The summed E-state index contributed by atoms with van der Waals surface area (Å²) in [5.41, 5.74) is 0.421. The third kappa shape index (κ3) is 4.22. The van der Waals surface area contributed by atoms with Gasteiger partial charge in [-0.2, -0.15) is 0 Å². The van der Waals surface area contributed by atoms with Crippen LogP contribution in [0.5, 0.6) is 11.5 Å². The molecule has 0 unspecified atom stereocenters. The van der Waals surface area contributed by atoms with E-state index in [-0.39, 0.29) is 31.1 Å². The van der Waals surface area contributed by atoms with Gasteiger partial charge in [0.1, 0.15) is 6.54 Å². The molecule has 3 rings (SSSR count). The lowest BCUT2D eigenvalue weighted by Crippen LogP contribution is -2.42. The molecule has 0 aliphatic heterocycles. The minimum absolute atomic E-state index is 0.187. The molecule has 0 saturated heterocycles. The minimum Gasteiger partial charge on any atom is -0.493 e. The van der Waals surface area contributed by atoms with Gasteiger partial charge in [-0.3, -0.25) is 18.7 Å². The summed E-state index contributed by atoms with van der Waals surface area (Å²) in [4.78, 5) is 37.8. The lowest BCUT2D eigenvalue weighted by molar-refractivity contribution is -0.121. The second-order valence-corrected chi connectivity index (χ2v) is 6.63. The topological polar surface area (TPSA) is 91.6 Å². The summed E-state index contributed by atoms with van der Waals surface area (Å²) in [5, 5.41) is 3.22. The van der Waals surface area contributed by atoms with Crippen LogP contribution in [0.4, 0.5) is 0 Å². The largest absolute Gasteiger partial charge is 0.493 e. The van der Waals surface area contributed by atoms with Crippen LogP contribution in [0.15, 0.2) is 52.1 Å². The van der Waals surface area contributed by atoms with Gasteiger partial charge < -0.3 is 14.8 Å². The first-order valence-corrected chi connectivity index (χ1v) is 9.78. The molecule has 30 heavy (non-hydrogen) atoms. The molecule has 158 valence electrons. The number of carbonyl (C=O) groups is 1. The molecule has 0 radical (unpaired) electrons. The first kappa shape index (κ1) is 21.2. The van der Waals surface area contributed by atoms with E-state index in [2.05, 4.69) is 5.32 Å². The van der Waals surface area contributed by atoms with Gasteiger partial charge >= 0.3 is 5.69 Å². The molecular weight excluding hydrogens is 386 g/mol. The zero-order chi connectivity index (χ0) is 21.7. The maximum atomic E-state index is 12.7. The van der Waals surface area contributed by atoms with Crippen molar-refractivity contribution in [1.29, 1.82) is 0 Å². The molecule has 1 N–H and O–H groups in total. The van der Waals surface area contributed by atoms with E-state index in [1.807, 2.05) is 13.0 Å². The summed E-state index contributed by atoms with van der Waals surface area (Å²) in [7, 11) is 1.56. The van der Waals surface area contributed by atoms with Crippen LogP contribution in [-0.4, -0.2) is 28.8 Å². The van der Waals surface area contributed by atoms with Gasteiger partial charge in [0.25, 0.3) is 5.56 Å². The Hall–Kier alpha value is -3.55. The van der Waals surface area contributed by atoms with Crippen LogP contribution in [0.25, 0.3) is 10.9 Å². The van der Waals surface area contributed by atoms with E-state index in [1.165, 1.54) is 4.57 Å². The number of fused-ring (bicyclic) bond motifs is 1. The summed E-state index contributed by atoms with van der Waals surface area (Å²) >= 11 is 0. The van der Waals surface area contributed by atoms with Crippen molar-refractivity contribution in [3.05, 3.63) is 68.9 Å². The molecule has 0 aliphatic rings. The van der Waals surface area contributed by atoms with Gasteiger partial charge in [-0.25, -0.2) is 4.79 Å². The van der Waals surface area contributed by atoms with Crippen LogP contribution >= 0.6 is 0 Å². The Labute approximate surface area is 173 Å². The Balaban J connectivity index is 1.81. The van der Waals surface area contributed by atoms with Gasteiger partial charge in [0.15, 0.2) is 11.5 Å². The number of aromatic nitrogens is 2. The Morgan fingerprint density at radius 3 is 2.50 bits per heavy atom. The highest BCUT2D eigenvalue weighted by molar-refractivity contribution is 5.81. The number of methoxy groups -OCH3 is 1. The molecule has 2 aromatic carbocycles. The molecule has 8 heteroatoms. The van der Waals surface area contributed by atoms with E-state index in [0.717, 1.165) is 10.1 Å². The number of para-hydroxylation sites is 1. The molecular formula is C22H25N3O5. The molecule has 0 bridgehead atoms. The number of nitrogens with zero attached hydrogens (tertiary/aromatic N) is 2. The summed E-state index contributed by atoms with van der Waals surface area (Å²) in [5.74, 6) is 0.882. The highest BCUT2D eigenvalue weighted by atomic mass is 16.5. The van der Waals surface area contributed by atoms with Gasteiger partial charge in [-0.05, 0) is 43.7 Å².